The number of carbonyl (C=O) groups excluding carboxylic acids is 2. The minimum atomic E-state index is -1.78. The van der Waals surface area contributed by atoms with Gasteiger partial charge in [0.05, 0.1) is 19.8 Å². The minimum absolute atomic E-state index is 0.0791. The summed E-state index contributed by atoms with van der Waals surface area (Å²) in [5, 5.41) is 72.0. The first-order chi connectivity index (χ1) is 33.0. The lowest BCUT2D eigenvalue weighted by molar-refractivity contribution is -0.332. The van der Waals surface area contributed by atoms with E-state index in [1.54, 1.807) is 0 Å². The standard InChI is InChI=1S/C53H88O15/c1-3-5-7-9-11-13-15-17-19-20-22-24-26-28-30-32-34-36-45(56)66-41(38-63-44(55)35-33-31-29-27-25-23-21-18-16-14-12-10-8-6-4-2)39-64-52-51(62)49(60)47(58)43(68-52)40-65-53-50(61)48(59)46(57)42(37-54)67-53/h11,13,17-19,21-22,24-25,27-28,30,41-43,46-54,57-62H,3-10,12,14-16,20,23,26,29,31-40H2,1-2H3/b13-11+,19-17+,21-18+,24-22+,27-25+,30-28+/t41-,42+,43+,46-,47-,48?,49?,50?,51?,52+,53+/m1/s1. The van der Waals surface area contributed by atoms with Crippen molar-refractivity contribution < 1.29 is 73.8 Å². The van der Waals surface area contributed by atoms with Gasteiger partial charge in [0, 0.05) is 12.8 Å². The van der Waals surface area contributed by atoms with Crippen molar-refractivity contribution in [3.05, 3.63) is 72.9 Å². The highest BCUT2D eigenvalue weighted by Crippen LogP contribution is 2.26. The first-order valence-corrected chi connectivity index (χ1v) is 25.5. The fourth-order valence-electron chi connectivity index (χ4n) is 7.41. The van der Waals surface area contributed by atoms with Crippen LogP contribution in [0.2, 0.25) is 0 Å². The molecule has 4 unspecified atom stereocenters. The molecule has 68 heavy (non-hydrogen) atoms. The van der Waals surface area contributed by atoms with Gasteiger partial charge in [-0.25, -0.2) is 0 Å². The largest absolute Gasteiger partial charge is 0.462 e. The quantitative estimate of drug-likeness (QED) is 0.0187. The summed E-state index contributed by atoms with van der Waals surface area (Å²) in [6, 6.07) is 0. The van der Waals surface area contributed by atoms with Crippen molar-refractivity contribution in [3.8, 4) is 0 Å². The van der Waals surface area contributed by atoms with Crippen molar-refractivity contribution in [2.75, 3.05) is 26.4 Å². The smallest absolute Gasteiger partial charge is 0.306 e. The average molecular weight is 965 g/mol. The van der Waals surface area contributed by atoms with Crippen molar-refractivity contribution in [2.24, 2.45) is 0 Å². The minimum Gasteiger partial charge on any atom is -0.462 e. The molecule has 2 fully saturated rings. The molecule has 15 heteroatoms. The second-order valence-corrected chi connectivity index (χ2v) is 17.6. The van der Waals surface area contributed by atoms with E-state index < -0.39 is 99.3 Å². The van der Waals surface area contributed by atoms with Crippen LogP contribution in [0.4, 0.5) is 0 Å². The summed E-state index contributed by atoms with van der Waals surface area (Å²) in [6.45, 7) is 2.44. The second-order valence-electron chi connectivity index (χ2n) is 17.6. The van der Waals surface area contributed by atoms with Gasteiger partial charge in [0.15, 0.2) is 18.7 Å². The number of hydrogen-bond donors (Lipinski definition) is 7. The lowest BCUT2D eigenvalue weighted by Gasteiger charge is -2.42. The molecule has 2 saturated heterocycles. The number of rotatable bonds is 38. The zero-order valence-corrected chi connectivity index (χ0v) is 41.1. The number of ether oxygens (including phenoxy) is 6. The SMILES string of the molecule is CCCCC/C=C/C/C=C/C/C=C/C/C=C/CCCC(=O)O[C@H](COC(=O)CCCC/C=C/C/C=C/CCCCCCCC)CO[C@H]1O[C@@H](CO[C@H]2O[C@@H](CO)[C@@H](O)C(O)C2O)[C@@H](O)C(O)C1O. The van der Waals surface area contributed by atoms with E-state index in [1.165, 1.54) is 57.8 Å². The molecule has 2 heterocycles. The van der Waals surface area contributed by atoms with Gasteiger partial charge >= 0.3 is 11.9 Å². The number of unbranched alkanes of at least 4 members (excludes halogenated alkanes) is 12. The van der Waals surface area contributed by atoms with Crippen molar-refractivity contribution in [1.82, 2.24) is 0 Å². The van der Waals surface area contributed by atoms with Crippen molar-refractivity contribution >= 4 is 11.9 Å². The van der Waals surface area contributed by atoms with E-state index >= 15 is 0 Å². The molecule has 0 aromatic carbocycles. The van der Waals surface area contributed by atoms with E-state index in [0.29, 0.717) is 19.3 Å². The molecule has 0 amide bonds. The van der Waals surface area contributed by atoms with Crippen molar-refractivity contribution in [3.63, 3.8) is 0 Å². The molecule has 15 nitrogen and oxygen atoms in total. The molecule has 0 spiro atoms. The van der Waals surface area contributed by atoms with Gasteiger partial charge in [0.25, 0.3) is 0 Å². The maximum absolute atomic E-state index is 13.0. The van der Waals surface area contributed by atoms with E-state index in [-0.39, 0.29) is 19.4 Å². The van der Waals surface area contributed by atoms with Gasteiger partial charge in [0.2, 0.25) is 0 Å². The highest BCUT2D eigenvalue weighted by atomic mass is 16.7. The predicted octanol–water partition coefficient (Wildman–Crippen LogP) is 7.04. The Balaban J connectivity index is 1.86. The van der Waals surface area contributed by atoms with Gasteiger partial charge in [-0.15, -0.1) is 0 Å². The zero-order valence-electron chi connectivity index (χ0n) is 41.1. The Kier molecular flexibility index (Phi) is 35.6. The lowest BCUT2D eigenvalue weighted by atomic mass is 9.98. The molecule has 390 valence electrons. The molecule has 0 aliphatic carbocycles. The fourth-order valence-corrected chi connectivity index (χ4v) is 7.41. The number of aliphatic hydroxyl groups is 7. The van der Waals surface area contributed by atoms with Gasteiger partial charge < -0.3 is 64.2 Å². The molecule has 2 aliphatic rings. The summed E-state index contributed by atoms with van der Waals surface area (Å²) in [5.41, 5.74) is 0. The summed E-state index contributed by atoms with van der Waals surface area (Å²) in [4.78, 5) is 25.7. The maximum Gasteiger partial charge on any atom is 0.306 e. The Morgan fingerprint density at radius 3 is 1.46 bits per heavy atom. The van der Waals surface area contributed by atoms with Gasteiger partial charge in [-0.05, 0) is 83.5 Å². The van der Waals surface area contributed by atoms with Crippen molar-refractivity contribution in [1.29, 1.82) is 0 Å². The Morgan fingerprint density at radius 2 is 0.897 bits per heavy atom. The number of allylic oxidation sites excluding steroid dienone is 12. The van der Waals surface area contributed by atoms with Crippen LogP contribution in [0.25, 0.3) is 0 Å². The Labute approximate surface area is 406 Å². The Morgan fingerprint density at radius 1 is 0.471 bits per heavy atom. The summed E-state index contributed by atoms with van der Waals surface area (Å²) < 4.78 is 33.4. The van der Waals surface area contributed by atoms with Gasteiger partial charge in [-0.3, -0.25) is 9.59 Å². The number of carbonyl (C=O) groups is 2. The molecular weight excluding hydrogens is 877 g/mol. The normalized spacial score (nSPS) is 26.4. The molecule has 0 saturated carbocycles. The third-order valence-corrected chi connectivity index (χ3v) is 11.7. The van der Waals surface area contributed by atoms with E-state index in [2.05, 4.69) is 74.6 Å². The molecular formula is C53H88O15. The van der Waals surface area contributed by atoms with Gasteiger partial charge in [0.1, 0.15) is 55.4 Å². The summed E-state index contributed by atoms with van der Waals surface area (Å²) in [7, 11) is 0. The fraction of sp³-hybridized carbons (Fsp3) is 0.736. The Bertz CT molecular complexity index is 1460. The summed E-state index contributed by atoms with van der Waals surface area (Å²) in [6.07, 6.45) is 29.4. The maximum atomic E-state index is 13.0. The first-order valence-electron chi connectivity index (χ1n) is 25.5. The predicted molar refractivity (Wildman–Crippen MR) is 261 cm³/mol. The van der Waals surface area contributed by atoms with Crippen LogP contribution in [0, 0.1) is 0 Å². The molecule has 0 radical (unpaired) electrons. The van der Waals surface area contributed by atoms with Crippen LogP contribution < -0.4 is 0 Å². The van der Waals surface area contributed by atoms with E-state index in [9.17, 15) is 45.3 Å². The van der Waals surface area contributed by atoms with Crippen LogP contribution in [-0.4, -0.2) is 142 Å². The van der Waals surface area contributed by atoms with Crippen molar-refractivity contribution in [2.45, 2.75) is 223 Å². The van der Waals surface area contributed by atoms with Crippen LogP contribution in [0.15, 0.2) is 72.9 Å². The third kappa shape index (κ3) is 27.4. The van der Waals surface area contributed by atoms with Crippen LogP contribution in [0.1, 0.15) is 155 Å². The lowest BCUT2D eigenvalue weighted by Crippen LogP contribution is -2.61. The van der Waals surface area contributed by atoms with Gasteiger partial charge in [-0.1, -0.05) is 132 Å². The number of esters is 2. The third-order valence-electron chi connectivity index (χ3n) is 11.7. The summed E-state index contributed by atoms with van der Waals surface area (Å²) >= 11 is 0. The molecule has 2 aliphatic heterocycles. The van der Waals surface area contributed by atoms with E-state index in [4.69, 9.17) is 28.4 Å². The second kappa shape index (κ2) is 39.6. The molecule has 11 atom stereocenters. The molecule has 0 aromatic rings. The topological polar surface area (TPSA) is 231 Å². The summed E-state index contributed by atoms with van der Waals surface area (Å²) in [5.74, 6) is -1.04. The van der Waals surface area contributed by atoms with Gasteiger partial charge in [-0.2, -0.15) is 0 Å². The van der Waals surface area contributed by atoms with E-state index in [1.807, 2.05) is 12.2 Å². The first kappa shape index (κ1) is 61.1. The Hall–Kier alpha value is -3.06. The van der Waals surface area contributed by atoms with Crippen LogP contribution >= 0.6 is 0 Å². The van der Waals surface area contributed by atoms with Crippen LogP contribution in [-0.2, 0) is 38.0 Å². The highest BCUT2D eigenvalue weighted by Gasteiger charge is 2.47. The monoisotopic (exact) mass is 965 g/mol. The number of aliphatic hydroxyl groups excluding tert-OH is 7. The average Bonchev–Trinajstić information content (AvgIpc) is 3.33. The molecule has 2 rings (SSSR count). The van der Waals surface area contributed by atoms with Crippen LogP contribution in [0.5, 0.6) is 0 Å². The number of hydrogen-bond acceptors (Lipinski definition) is 15. The zero-order chi connectivity index (χ0) is 49.6. The molecule has 0 aromatic heterocycles. The molecule has 0 bridgehead atoms. The van der Waals surface area contributed by atoms with E-state index in [0.717, 1.165) is 51.4 Å². The molecule has 7 N–H and O–H groups in total. The van der Waals surface area contributed by atoms with Crippen LogP contribution in [0.3, 0.4) is 0 Å². The highest BCUT2D eigenvalue weighted by molar-refractivity contribution is 5.70.